The van der Waals surface area contributed by atoms with Gasteiger partial charge in [0.05, 0.1) is 11.4 Å². The van der Waals surface area contributed by atoms with Crippen molar-refractivity contribution < 1.29 is 0 Å². The molecule has 34 heavy (non-hydrogen) atoms. The van der Waals surface area contributed by atoms with Gasteiger partial charge < -0.3 is 0 Å². The molecule has 0 saturated carbocycles. The zero-order chi connectivity index (χ0) is 23.6. The molecular formula is C30H26N4. The minimum Gasteiger partial charge on any atom is -0.153 e. The fourth-order valence-corrected chi connectivity index (χ4v) is 3.34. The quantitative estimate of drug-likeness (QED) is 0.223. The lowest BCUT2D eigenvalue weighted by Crippen LogP contribution is -2.08. The molecule has 4 nitrogen and oxygen atoms in total. The molecule has 0 saturated heterocycles. The third-order valence-corrected chi connectivity index (χ3v) is 5.31. The van der Waals surface area contributed by atoms with Crippen molar-refractivity contribution in [1.82, 2.24) is 0 Å². The van der Waals surface area contributed by atoms with Crippen molar-refractivity contribution in [1.29, 1.82) is 0 Å². The highest BCUT2D eigenvalue weighted by Crippen LogP contribution is 2.13. The van der Waals surface area contributed by atoms with E-state index in [-0.39, 0.29) is 0 Å². The van der Waals surface area contributed by atoms with Crippen molar-refractivity contribution in [2.75, 3.05) is 0 Å². The van der Waals surface area contributed by atoms with Crippen molar-refractivity contribution in [2.45, 2.75) is 13.8 Å². The molecule has 0 atom stereocenters. The molecule has 0 aliphatic carbocycles. The lowest BCUT2D eigenvalue weighted by Gasteiger charge is -2.06. The van der Waals surface area contributed by atoms with Crippen molar-refractivity contribution in [3.05, 3.63) is 144 Å². The molecule has 0 heterocycles. The summed E-state index contributed by atoms with van der Waals surface area (Å²) in [7, 11) is 0. The smallest absolute Gasteiger partial charge is 0.100 e. The Morgan fingerprint density at radius 3 is 0.824 bits per heavy atom. The van der Waals surface area contributed by atoms with E-state index in [9.17, 15) is 0 Å². The zero-order valence-electron chi connectivity index (χ0n) is 19.3. The number of hydrogen-bond acceptors (Lipinski definition) is 4. The summed E-state index contributed by atoms with van der Waals surface area (Å²) < 4.78 is 0. The molecular weight excluding hydrogens is 416 g/mol. The minimum absolute atomic E-state index is 0.702. The summed E-state index contributed by atoms with van der Waals surface area (Å²) >= 11 is 0. The topological polar surface area (TPSA) is 49.4 Å². The van der Waals surface area contributed by atoms with Gasteiger partial charge in [-0.1, -0.05) is 121 Å². The molecule has 0 aromatic heterocycles. The summed E-state index contributed by atoms with van der Waals surface area (Å²) in [5.41, 5.74) is 7.06. The van der Waals surface area contributed by atoms with E-state index in [0.29, 0.717) is 11.4 Å². The average Bonchev–Trinajstić information content (AvgIpc) is 2.91. The summed E-state index contributed by atoms with van der Waals surface area (Å²) in [6.07, 6.45) is 0. The van der Waals surface area contributed by atoms with Gasteiger partial charge >= 0.3 is 0 Å². The van der Waals surface area contributed by atoms with Gasteiger partial charge in [-0.05, 0) is 13.8 Å². The van der Waals surface area contributed by atoms with Crippen molar-refractivity contribution >= 4 is 22.8 Å². The van der Waals surface area contributed by atoms with Gasteiger partial charge in [-0.15, -0.1) is 10.2 Å². The Bertz CT molecular complexity index is 1130. The largest absolute Gasteiger partial charge is 0.153 e. The lowest BCUT2D eigenvalue weighted by molar-refractivity contribution is 1.21. The van der Waals surface area contributed by atoms with Crippen LogP contribution in [-0.2, 0) is 0 Å². The second kappa shape index (κ2) is 11.4. The molecule has 4 rings (SSSR count). The van der Waals surface area contributed by atoms with Crippen LogP contribution in [0.5, 0.6) is 0 Å². The predicted molar refractivity (Wildman–Crippen MR) is 143 cm³/mol. The molecule has 0 radical (unpaired) electrons. The first-order valence-electron chi connectivity index (χ1n) is 11.2. The Hall–Kier alpha value is -4.44. The maximum absolute atomic E-state index is 4.60. The van der Waals surface area contributed by atoms with Gasteiger partial charge in [-0.2, -0.15) is 10.2 Å². The molecule has 0 bridgehead atoms. The van der Waals surface area contributed by atoms with E-state index in [1.165, 1.54) is 0 Å². The summed E-state index contributed by atoms with van der Waals surface area (Å²) in [4.78, 5) is 0. The van der Waals surface area contributed by atoms with Crippen molar-refractivity contribution in [2.24, 2.45) is 20.4 Å². The van der Waals surface area contributed by atoms with Crippen molar-refractivity contribution in [3.8, 4) is 0 Å². The van der Waals surface area contributed by atoms with E-state index in [1.807, 2.05) is 135 Å². The molecule has 0 unspecified atom stereocenters. The first kappa shape index (κ1) is 22.7. The molecule has 0 aliphatic heterocycles. The molecule has 4 aromatic carbocycles. The van der Waals surface area contributed by atoms with Crippen LogP contribution in [0.25, 0.3) is 0 Å². The summed E-state index contributed by atoms with van der Waals surface area (Å²) in [5, 5.41) is 18.2. The summed E-state index contributed by atoms with van der Waals surface area (Å²) in [6, 6.07) is 40.3. The number of rotatable bonds is 7. The third-order valence-electron chi connectivity index (χ3n) is 5.31. The van der Waals surface area contributed by atoms with Gasteiger partial charge in [0, 0.05) is 22.3 Å². The van der Waals surface area contributed by atoms with Crippen LogP contribution in [0.15, 0.2) is 142 Å². The minimum atomic E-state index is 0.702. The van der Waals surface area contributed by atoms with E-state index in [0.717, 1.165) is 33.7 Å². The van der Waals surface area contributed by atoms with E-state index >= 15 is 0 Å². The van der Waals surface area contributed by atoms with Gasteiger partial charge in [0.25, 0.3) is 0 Å². The van der Waals surface area contributed by atoms with Crippen molar-refractivity contribution in [3.63, 3.8) is 0 Å². The molecule has 166 valence electrons. The Morgan fingerprint density at radius 1 is 0.353 bits per heavy atom. The first-order valence-corrected chi connectivity index (χ1v) is 11.2. The van der Waals surface area contributed by atoms with E-state index in [4.69, 9.17) is 0 Å². The highest BCUT2D eigenvalue weighted by Gasteiger charge is 2.08. The number of nitrogens with zero attached hydrogens (tertiary/aromatic N) is 4. The second-order valence-electron chi connectivity index (χ2n) is 7.73. The van der Waals surface area contributed by atoms with Crippen LogP contribution in [0.2, 0.25) is 0 Å². The van der Waals surface area contributed by atoms with Gasteiger partial charge in [0.2, 0.25) is 0 Å². The molecule has 4 heteroatoms. The zero-order valence-corrected chi connectivity index (χ0v) is 19.3. The van der Waals surface area contributed by atoms with Crippen LogP contribution in [0.4, 0.5) is 0 Å². The molecule has 4 aromatic rings. The molecule has 0 amide bonds. The fourth-order valence-electron chi connectivity index (χ4n) is 3.34. The molecule has 0 aliphatic rings. The van der Waals surface area contributed by atoms with E-state index < -0.39 is 0 Å². The second-order valence-corrected chi connectivity index (χ2v) is 7.73. The van der Waals surface area contributed by atoms with Gasteiger partial charge in [0.15, 0.2) is 0 Å². The average molecular weight is 443 g/mol. The van der Waals surface area contributed by atoms with Crippen LogP contribution in [0.3, 0.4) is 0 Å². The van der Waals surface area contributed by atoms with Crippen LogP contribution in [0, 0.1) is 0 Å². The maximum Gasteiger partial charge on any atom is 0.100 e. The lowest BCUT2D eigenvalue weighted by atomic mass is 10.0. The highest BCUT2D eigenvalue weighted by molar-refractivity contribution is 6.40. The first-order chi connectivity index (χ1) is 16.7. The van der Waals surface area contributed by atoms with Crippen LogP contribution < -0.4 is 0 Å². The Kier molecular flexibility index (Phi) is 7.65. The monoisotopic (exact) mass is 442 g/mol. The van der Waals surface area contributed by atoms with Crippen LogP contribution in [0.1, 0.15) is 36.1 Å². The van der Waals surface area contributed by atoms with E-state index in [1.54, 1.807) is 0 Å². The number of hydrogen-bond donors (Lipinski definition) is 0. The van der Waals surface area contributed by atoms with Crippen LogP contribution >= 0.6 is 0 Å². The third kappa shape index (κ3) is 5.87. The molecule has 0 N–H and O–H groups in total. The fraction of sp³-hybridized carbons (Fsp3) is 0.0667. The summed E-state index contributed by atoms with van der Waals surface area (Å²) in [6.45, 7) is 3.80. The van der Waals surface area contributed by atoms with Gasteiger partial charge in [0.1, 0.15) is 11.4 Å². The van der Waals surface area contributed by atoms with Gasteiger partial charge in [-0.25, -0.2) is 0 Å². The Balaban J connectivity index is 1.68. The SMILES string of the molecule is CC(=N/N=C(c1ccccc1)c1ccccc1)/C(C)=N\N=C(c1ccccc1)c1ccccc1. The normalized spacial score (nSPS) is 11.6. The van der Waals surface area contributed by atoms with Crippen LogP contribution in [-0.4, -0.2) is 22.8 Å². The van der Waals surface area contributed by atoms with Gasteiger partial charge in [-0.3, -0.25) is 0 Å². The Morgan fingerprint density at radius 2 is 0.588 bits per heavy atom. The predicted octanol–water partition coefficient (Wildman–Crippen LogP) is 6.81. The highest BCUT2D eigenvalue weighted by atomic mass is 15.2. The molecule has 0 spiro atoms. The summed E-state index contributed by atoms with van der Waals surface area (Å²) in [5.74, 6) is 0. The Labute approximate surface area is 200 Å². The standard InChI is InChI=1S/C30H26N4/c1-23(31-33-29(25-15-7-3-8-16-25)26-17-9-4-10-18-26)24(2)32-34-30(27-19-11-5-12-20-27)28-21-13-6-14-22-28/h3-22H,1-2H3/b31-23-,32-24-. The van der Waals surface area contributed by atoms with E-state index in [2.05, 4.69) is 20.4 Å². The number of benzene rings is 4. The molecule has 0 fully saturated rings. The maximum atomic E-state index is 4.60.